The molecule has 0 fully saturated rings. The van der Waals surface area contributed by atoms with Gasteiger partial charge in [-0.2, -0.15) is 0 Å². The summed E-state index contributed by atoms with van der Waals surface area (Å²) in [6.07, 6.45) is 0. The van der Waals surface area contributed by atoms with Crippen molar-refractivity contribution in [3.8, 4) is 10.7 Å². The van der Waals surface area contributed by atoms with Crippen molar-refractivity contribution < 1.29 is 19.1 Å². The number of amides is 2. The van der Waals surface area contributed by atoms with Gasteiger partial charge >= 0.3 is 5.97 Å². The Hall–Kier alpha value is -2.70. The molecule has 12 heteroatoms. The minimum atomic E-state index is -0.672. The molecule has 0 aliphatic rings. The molecule has 0 aromatic carbocycles. The number of hydrogen-bond acceptors (Lipinski definition) is 9. The molecule has 3 rings (SSSR count). The van der Waals surface area contributed by atoms with Crippen molar-refractivity contribution in [1.82, 2.24) is 14.8 Å². The maximum Gasteiger partial charge on any atom is 0.341 e. The van der Waals surface area contributed by atoms with Crippen LogP contribution >= 0.6 is 34.4 Å². The van der Waals surface area contributed by atoms with E-state index in [0.29, 0.717) is 17.3 Å². The van der Waals surface area contributed by atoms with E-state index >= 15 is 0 Å². The number of ether oxygens (including phenoxy) is 1. The Morgan fingerprint density at radius 3 is 2.70 bits per heavy atom. The van der Waals surface area contributed by atoms with Crippen LogP contribution in [-0.4, -0.2) is 45.4 Å². The lowest BCUT2D eigenvalue weighted by Gasteiger charge is -2.07. The van der Waals surface area contributed by atoms with Crippen molar-refractivity contribution >= 4 is 57.2 Å². The van der Waals surface area contributed by atoms with Gasteiger partial charge in [0.25, 0.3) is 5.91 Å². The number of methoxy groups -OCH3 is 1. The van der Waals surface area contributed by atoms with E-state index in [0.717, 1.165) is 22.0 Å². The Morgan fingerprint density at radius 2 is 2.10 bits per heavy atom. The molecule has 0 saturated heterocycles. The van der Waals surface area contributed by atoms with E-state index in [2.05, 4.69) is 15.5 Å². The van der Waals surface area contributed by atoms with Crippen LogP contribution in [0, 0.1) is 6.92 Å². The zero-order valence-corrected chi connectivity index (χ0v) is 18.9. The largest absolute Gasteiger partial charge is 0.465 e. The molecule has 3 N–H and O–H groups in total. The lowest BCUT2D eigenvalue weighted by atomic mass is 10.1. The van der Waals surface area contributed by atoms with Crippen LogP contribution in [0.5, 0.6) is 0 Å². The van der Waals surface area contributed by atoms with Gasteiger partial charge in [-0.25, -0.2) is 4.79 Å². The fourth-order valence-electron chi connectivity index (χ4n) is 2.75. The molecule has 0 radical (unpaired) electrons. The molecule has 30 heavy (non-hydrogen) atoms. The minimum absolute atomic E-state index is 0.0477. The third-order valence-electron chi connectivity index (χ3n) is 4.12. The highest BCUT2D eigenvalue weighted by atomic mass is 32.2. The predicted octanol–water partition coefficient (Wildman–Crippen LogP) is 3.01. The van der Waals surface area contributed by atoms with E-state index in [1.165, 1.54) is 18.9 Å². The lowest BCUT2D eigenvalue weighted by Crippen LogP contribution is -2.16. The number of aromatic nitrogens is 3. The van der Waals surface area contributed by atoms with Gasteiger partial charge in [0, 0.05) is 6.54 Å². The number of carbonyl (C=O) groups is 3. The standard InChI is InChI=1S/C18H19N5O4S3/c1-4-23-15(10-6-5-7-28-10)21-22-18(23)29-8-11(24)20-16-12(17(26)27-3)9(2)13(30-16)14(19)25/h5-7H,4,8H2,1-3H3,(H2,19,25)(H,20,24). The van der Waals surface area contributed by atoms with Crippen molar-refractivity contribution in [3.63, 3.8) is 0 Å². The number of carbonyl (C=O) groups excluding carboxylic acids is 3. The van der Waals surface area contributed by atoms with Gasteiger partial charge in [-0.3, -0.25) is 9.59 Å². The quantitative estimate of drug-likeness (QED) is 0.386. The second kappa shape index (κ2) is 9.41. The van der Waals surface area contributed by atoms with Crippen LogP contribution in [0.15, 0.2) is 22.7 Å². The van der Waals surface area contributed by atoms with Gasteiger partial charge in [-0.1, -0.05) is 17.8 Å². The van der Waals surface area contributed by atoms with E-state index in [1.807, 2.05) is 29.0 Å². The number of primary amides is 1. The molecular weight excluding hydrogens is 446 g/mol. The highest BCUT2D eigenvalue weighted by Crippen LogP contribution is 2.34. The van der Waals surface area contributed by atoms with E-state index < -0.39 is 11.9 Å². The molecule has 2 amide bonds. The summed E-state index contributed by atoms with van der Waals surface area (Å²) in [7, 11) is 1.23. The Kier molecular flexibility index (Phi) is 6.90. The van der Waals surface area contributed by atoms with Crippen LogP contribution in [0.4, 0.5) is 5.00 Å². The number of thiophene rings is 2. The van der Waals surface area contributed by atoms with Crippen LogP contribution in [0.3, 0.4) is 0 Å². The Morgan fingerprint density at radius 1 is 1.33 bits per heavy atom. The van der Waals surface area contributed by atoms with Gasteiger partial charge in [0.1, 0.15) is 5.00 Å². The molecule has 0 atom stereocenters. The zero-order valence-electron chi connectivity index (χ0n) is 16.4. The van der Waals surface area contributed by atoms with Crippen LogP contribution < -0.4 is 11.1 Å². The molecule has 3 aromatic rings. The molecular formula is C18H19N5O4S3. The first-order chi connectivity index (χ1) is 14.4. The molecule has 9 nitrogen and oxygen atoms in total. The topological polar surface area (TPSA) is 129 Å². The SMILES string of the molecule is CCn1c(SCC(=O)Nc2sc(C(N)=O)c(C)c2C(=O)OC)nnc1-c1cccs1. The molecule has 158 valence electrons. The van der Waals surface area contributed by atoms with Crippen molar-refractivity contribution in [1.29, 1.82) is 0 Å². The molecule has 3 heterocycles. The molecule has 0 saturated carbocycles. The number of rotatable bonds is 8. The highest BCUT2D eigenvalue weighted by Gasteiger charge is 2.25. The van der Waals surface area contributed by atoms with E-state index in [1.54, 1.807) is 18.3 Å². The molecule has 0 bridgehead atoms. The van der Waals surface area contributed by atoms with Crippen molar-refractivity contribution in [2.45, 2.75) is 25.5 Å². The molecule has 3 aromatic heterocycles. The van der Waals surface area contributed by atoms with Crippen LogP contribution in [0.25, 0.3) is 10.7 Å². The summed E-state index contributed by atoms with van der Waals surface area (Å²) in [4.78, 5) is 37.4. The second-order valence-electron chi connectivity index (χ2n) is 5.98. The highest BCUT2D eigenvalue weighted by molar-refractivity contribution is 7.99. The summed E-state index contributed by atoms with van der Waals surface area (Å²) in [5.74, 6) is -0.874. The number of nitrogens with one attached hydrogen (secondary N) is 1. The first kappa shape index (κ1) is 22.0. The third-order valence-corrected chi connectivity index (χ3v) is 7.17. The summed E-state index contributed by atoms with van der Waals surface area (Å²) in [6, 6.07) is 3.91. The maximum absolute atomic E-state index is 12.5. The van der Waals surface area contributed by atoms with Crippen molar-refractivity contribution in [2.75, 3.05) is 18.2 Å². The molecule has 0 unspecified atom stereocenters. The van der Waals surface area contributed by atoms with Gasteiger partial charge in [-0.15, -0.1) is 32.9 Å². The van der Waals surface area contributed by atoms with Crippen molar-refractivity contribution in [2.24, 2.45) is 5.73 Å². The van der Waals surface area contributed by atoms with Gasteiger partial charge in [0.05, 0.1) is 28.2 Å². The monoisotopic (exact) mass is 465 g/mol. The van der Waals surface area contributed by atoms with Gasteiger partial charge in [0.2, 0.25) is 5.91 Å². The number of esters is 1. The fraction of sp³-hybridized carbons (Fsp3) is 0.278. The lowest BCUT2D eigenvalue weighted by molar-refractivity contribution is -0.113. The van der Waals surface area contributed by atoms with E-state index in [9.17, 15) is 14.4 Å². The van der Waals surface area contributed by atoms with Gasteiger partial charge in [0.15, 0.2) is 11.0 Å². The summed E-state index contributed by atoms with van der Waals surface area (Å²) in [5.41, 5.74) is 5.88. The smallest absolute Gasteiger partial charge is 0.341 e. The first-order valence-electron chi connectivity index (χ1n) is 8.78. The number of hydrogen-bond donors (Lipinski definition) is 2. The molecule has 0 spiro atoms. The average Bonchev–Trinajstić information content (AvgIpc) is 3.44. The molecule has 0 aliphatic carbocycles. The molecule has 0 aliphatic heterocycles. The summed E-state index contributed by atoms with van der Waals surface area (Å²) < 4.78 is 6.70. The third kappa shape index (κ3) is 4.40. The first-order valence-corrected chi connectivity index (χ1v) is 11.5. The number of anilines is 1. The normalized spacial score (nSPS) is 10.8. The second-order valence-corrected chi connectivity index (χ2v) is 8.89. The summed E-state index contributed by atoms with van der Waals surface area (Å²) >= 11 is 3.75. The number of nitrogens with zero attached hydrogens (tertiary/aromatic N) is 3. The average molecular weight is 466 g/mol. The Bertz CT molecular complexity index is 1090. The Labute approximate surface area is 184 Å². The van der Waals surface area contributed by atoms with Gasteiger partial charge in [-0.05, 0) is 30.9 Å². The zero-order chi connectivity index (χ0) is 21.8. The van der Waals surface area contributed by atoms with Gasteiger partial charge < -0.3 is 20.4 Å². The van der Waals surface area contributed by atoms with E-state index in [-0.39, 0.29) is 27.1 Å². The number of thioether (sulfide) groups is 1. The van der Waals surface area contributed by atoms with Crippen LogP contribution in [0.2, 0.25) is 0 Å². The predicted molar refractivity (Wildman–Crippen MR) is 117 cm³/mol. The van der Waals surface area contributed by atoms with Crippen LogP contribution in [0.1, 0.15) is 32.5 Å². The Balaban J connectivity index is 1.75. The fourth-order valence-corrected chi connectivity index (χ4v) is 5.33. The van der Waals surface area contributed by atoms with E-state index in [4.69, 9.17) is 10.5 Å². The number of nitrogens with two attached hydrogens (primary N) is 1. The minimum Gasteiger partial charge on any atom is -0.465 e. The maximum atomic E-state index is 12.5. The summed E-state index contributed by atoms with van der Waals surface area (Å²) in [6.45, 7) is 4.22. The van der Waals surface area contributed by atoms with Crippen LogP contribution in [-0.2, 0) is 16.1 Å². The summed E-state index contributed by atoms with van der Waals surface area (Å²) in [5, 5.41) is 13.9. The van der Waals surface area contributed by atoms with Crippen molar-refractivity contribution in [3.05, 3.63) is 33.5 Å².